The largest absolute Gasteiger partial charge is 0.483 e. The molecule has 0 atom stereocenters. The molecule has 1 amide bonds. The number of rotatable bonds is 6. The maximum atomic E-state index is 12.3. The van der Waals surface area contributed by atoms with E-state index < -0.39 is 10.8 Å². The van der Waals surface area contributed by atoms with Crippen LogP contribution < -0.4 is 10.1 Å². The Labute approximate surface area is 164 Å². The number of nitro groups is 1. The SMILES string of the molecule is N#Cc1c(NC(=O)COc2ccc([N+](=O)[O-])cc2C=O)sc2c1CCCCC2. The lowest BCUT2D eigenvalue weighted by Crippen LogP contribution is -2.20. The molecule has 0 fully saturated rings. The minimum absolute atomic E-state index is 0.0115. The first-order valence-corrected chi connectivity index (χ1v) is 9.56. The number of nitrogens with one attached hydrogen (secondary N) is 1. The summed E-state index contributed by atoms with van der Waals surface area (Å²) in [5.41, 5.74) is 1.29. The van der Waals surface area contributed by atoms with Gasteiger partial charge in [0.05, 0.1) is 16.1 Å². The number of carbonyl (C=O) groups excluding carboxylic acids is 2. The highest BCUT2D eigenvalue weighted by Crippen LogP contribution is 2.37. The van der Waals surface area contributed by atoms with Gasteiger partial charge >= 0.3 is 0 Å². The summed E-state index contributed by atoms with van der Waals surface area (Å²) in [5.74, 6) is -0.388. The number of aldehydes is 1. The zero-order chi connectivity index (χ0) is 20.1. The molecule has 0 unspecified atom stereocenters. The molecule has 8 nitrogen and oxygen atoms in total. The lowest BCUT2D eigenvalue weighted by atomic mass is 10.1. The molecule has 0 radical (unpaired) electrons. The Hall–Kier alpha value is -3.25. The van der Waals surface area contributed by atoms with Gasteiger partial charge in [0.2, 0.25) is 0 Å². The summed E-state index contributed by atoms with van der Waals surface area (Å²) in [6.07, 6.45) is 5.42. The molecule has 2 aromatic rings. The second-order valence-corrected chi connectivity index (χ2v) is 7.42. The zero-order valence-electron chi connectivity index (χ0n) is 14.9. The van der Waals surface area contributed by atoms with Crippen LogP contribution in [0.2, 0.25) is 0 Å². The van der Waals surface area contributed by atoms with Crippen molar-refractivity contribution < 1.29 is 19.2 Å². The average Bonchev–Trinajstić information content (AvgIpc) is 2.85. The number of benzene rings is 1. The van der Waals surface area contributed by atoms with Crippen LogP contribution in [0.3, 0.4) is 0 Å². The molecule has 28 heavy (non-hydrogen) atoms. The first-order valence-electron chi connectivity index (χ1n) is 8.74. The normalized spacial score (nSPS) is 13.0. The number of anilines is 1. The quantitative estimate of drug-likeness (QED) is 0.342. The summed E-state index contributed by atoms with van der Waals surface area (Å²) in [7, 11) is 0. The van der Waals surface area contributed by atoms with E-state index in [9.17, 15) is 25.0 Å². The third-order valence-corrected chi connectivity index (χ3v) is 5.68. The molecule has 1 N–H and O–H groups in total. The van der Waals surface area contributed by atoms with Crippen molar-refractivity contribution in [2.24, 2.45) is 0 Å². The van der Waals surface area contributed by atoms with Crippen molar-refractivity contribution in [3.8, 4) is 11.8 Å². The zero-order valence-corrected chi connectivity index (χ0v) is 15.7. The van der Waals surface area contributed by atoms with Crippen LogP contribution in [0.4, 0.5) is 10.7 Å². The van der Waals surface area contributed by atoms with Gasteiger partial charge in [0.1, 0.15) is 16.8 Å². The second-order valence-electron chi connectivity index (χ2n) is 6.31. The summed E-state index contributed by atoms with van der Waals surface area (Å²) in [6, 6.07) is 5.76. The summed E-state index contributed by atoms with van der Waals surface area (Å²) in [6.45, 7) is -0.383. The third-order valence-electron chi connectivity index (χ3n) is 4.48. The number of fused-ring (bicyclic) bond motifs is 1. The first-order chi connectivity index (χ1) is 13.5. The van der Waals surface area contributed by atoms with Crippen molar-refractivity contribution >= 4 is 34.2 Å². The predicted octanol–water partition coefficient (Wildman–Crippen LogP) is 3.63. The maximum Gasteiger partial charge on any atom is 0.270 e. The molecule has 1 aromatic carbocycles. The van der Waals surface area contributed by atoms with E-state index in [-0.39, 0.29) is 23.6 Å². The number of carbonyl (C=O) groups is 2. The molecular weight excluding hydrogens is 382 g/mol. The molecule has 1 aliphatic carbocycles. The molecule has 3 rings (SSSR count). The fourth-order valence-corrected chi connectivity index (χ4v) is 4.38. The standard InChI is InChI=1S/C19H17N3O5S/c20-9-15-14-4-2-1-3-5-17(14)28-19(15)21-18(24)11-27-16-7-6-13(22(25)26)8-12(16)10-23/h6-8,10H,1-5,11H2,(H,21,24). The Bertz CT molecular complexity index is 977. The molecule has 0 saturated carbocycles. The van der Waals surface area contributed by atoms with Crippen LogP contribution in [0.25, 0.3) is 0 Å². The summed E-state index contributed by atoms with van der Waals surface area (Å²) >= 11 is 1.42. The molecule has 9 heteroatoms. The Balaban J connectivity index is 1.69. The lowest BCUT2D eigenvalue weighted by Gasteiger charge is -2.08. The van der Waals surface area contributed by atoms with E-state index in [1.54, 1.807) is 0 Å². The molecule has 1 aromatic heterocycles. The summed E-state index contributed by atoms with van der Waals surface area (Å²) < 4.78 is 5.35. The number of aryl methyl sites for hydroxylation is 1. The maximum absolute atomic E-state index is 12.3. The highest BCUT2D eigenvalue weighted by Gasteiger charge is 2.21. The van der Waals surface area contributed by atoms with E-state index in [1.807, 2.05) is 0 Å². The molecule has 0 spiro atoms. The van der Waals surface area contributed by atoms with Crippen LogP contribution in [-0.2, 0) is 17.6 Å². The van der Waals surface area contributed by atoms with Crippen LogP contribution >= 0.6 is 11.3 Å². The monoisotopic (exact) mass is 399 g/mol. The Morgan fingerprint density at radius 2 is 2.14 bits per heavy atom. The van der Waals surface area contributed by atoms with Crippen LogP contribution in [0.1, 0.15) is 45.6 Å². The van der Waals surface area contributed by atoms with Gasteiger partial charge in [-0.25, -0.2) is 0 Å². The molecular formula is C19H17N3O5S. The van der Waals surface area contributed by atoms with Gasteiger partial charge in [0.15, 0.2) is 12.9 Å². The van der Waals surface area contributed by atoms with Gasteiger partial charge in [-0.3, -0.25) is 19.7 Å². The number of nitrogens with zero attached hydrogens (tertiary/aromatic N) is 2. The van der Waals surface area contributed by atoms with Gasteiger partial charge in [-0.15, -0.1) is 11.3 Å². The van der Waals surface area contributed by atoms with Crippen LogP contribution in [0.5, 0.6) is 5.75 Å². The smallest absolute Gasteiger partial charge is 0.270 e. The molecule has 0 aliphatic heterocycles. The van der Waals surface area contributed by atoms with Crippen molar-refractivity contribution in [1.29, 1.82) is 5.26 Å². The lowest BCUT2D eigenvalue weighted by molar-refractivity contribution is -0.384. The first kappa shape index (κ1) is 19.5. The van der Waals surface area contributed by atoms with E-state index in [2.05, 4.69) is 11.4 Å². The number of amides is 1. The Morgan fingerprint density at radius 3 is 2.86 bits per heavy atom. The fraction of sp³-hybridized carbons (Fsp3) is 0.316. The summed E-state index contributed by atoms with van der Waals surface area (Å²) in [5, 5.41) is 23.5. The van der Waals surface area contributed by atoms with Crippen molar-refractivity contribution in [2.75, 3.05) is 11.9 Å². The van der Waals surface area contributed by atoms with Gasteiger partial charge in [-0.1, -0.05) is 6.42 Å². The van der Waals surface area contributed by atoms with Crippen molar-refractivity contribution in [1.82, 2.24) is 0 Å². The molecule has 1 aliphatic rings. The minimum Gasteiger partial charge on any atom is -0.483 e. The van der Waals surface area contributed by atoms with Crippen LogP contribution in [0, 0.1) is 21.4 Å². The van der Waals surface area contributed by atoms with Gasteiger partial charge in [0, 0.05) is 17.0 Å². The number of hydrogen-bond donors (Lipinski definition) is 1. The van der Waals surface area contributed by atoms with E-state index in [0.717, 1.165) is 48.6 Å². The Kier molecular flexibility index (Phi) is 6.01. The third kappa shape index (κ3) is 4.18. The van der Waals surface area contributed by atoms with Gasteiger partial charge in [-0.05, 0) is 37.3 Å². The van der Waals surface area contributed by atoms with Crippen LogP contribution in [0.15, 0.2) is 18.2 Å². The minimum atomic E-state index is -0.617. The number of ether oxygens (including phenoxy) is 1. The van der Waals surface area contributed by atoms with Gasteiger partial charge < -0.3 is 10.1 Å². The van der Waals surface area contributed by atoms with E-state index in [0.29, 0.717) is 16.9 Å². The van der Waals surface area contributed by atoms with Crippen LogP contribution in [-0.4, -0.2) is 23.7 Å². The highest BCUT2D eigenvalue weighted by molar-refractivity contribution is 7.16. The molecule has 1 heterocycles. The molecule has 0 bridgehead atoms. The molecule has 0 saturated heterocycles. The van der Waals surface area contributed by atoms with Crippen molar-refractivity contribution in [3.63, 3.8) is 0 Å². The number of hydrogen-bond acceptors (Lipinski definition) is 7. The number of non-ortho nitro benzene ring substituents is 1. The van der Waals surface area contributed by atoms with E-state index in [1.165, 1.54) is 23.5 Å². The average molecular weight is 399 g/mol. The topological polar surface area (TPSA) is 122 Å². The highest BCUT2D eigenvalue weighted by atomic mass is 32.1. The number of thiophene rings is 1. The Morgan fingerprint density at radius 1 is 1.36 bits per heavy atom. The predicted molar refractivity (Wildman–Crippen MR) is 103 cm³/mol. The number of nitriles is 1. The molecule has 144 valence electrons. The second kappa shape index (κ2) is 8.63. The number of nitro benzene ring substituents is 1. The fourth-order valence-electron chi connectivity index (χ4n) is 3.13. The van der Waals surface area contributed by atoms with E-state index >= 15 is 0 Å². The summed E-state index contributed by atoms with van der Waals surface area (Å²) in [4.78, 5) is 34.7. The van der Waals surface area contributed by atoms with Crippen molar-refractivity contribution in [3.05, 3.63) is 49.9 Å². The van der Waals surface area contributed by atoms with Gasteiger partial charge in [0.25, 0.3) is 11.6 Å². The van der Waals surface area contributed by atoms with Crippen molar-refractivity contribution in [2.45, 2.75) is 32.1 Å². The van der Waals surface area contributed by atoms with E-state index in [4.69, 9.17) is 4.74 Å². The van der Waals surface area contributed by atoms with Gasteiger partial charge in [-0.2, -0.15) is 5.26 Å².